The van der Waals surface area contributed by atoms with Gasteiger partial charge in [0.1, 0.15) is 11.6 Å². The number of thioether (sulfide) groups is 1. The highest BCUT2D eigenvalue weighted by molar-refractivity contribution is 8.00. The second-order valence-electron chi connectivity index (χ2n) is 5.60. The zero-order valence-electron chi connectivity index (χ0n) is 13.0. The Kier molecular flexibility index (Phi) is 5.90. The summed E-state index contributed by atoms with van der Waals surface area (Å²) in [5.41, 5.74) is 6.71. The van der Waals surface area contributed by atoms with Gasteiger partial charge < -0.3 is 10.5 Å². The van der Waals surface area contributed by atoms with Crippen LogP contribution in [0.3, 0.4) is 0 Å². The Balaban J connectivity index is 2.00. The van der Waals surface area contributed by atoms with Crippen LogP contribution in [0.15, 0.2) is 18.2 Å². The lowest BCUT2D eigenvalue weighted by Gasteiger charge is -2.38. The average Bonchev–Trinajstić information content (AvgIpc) is 2.48. The van der Waals surface area contributed by atoms with Gasteiger partial charge in [-0.25, -0.2) is 4.39 Å². The van der Waals surface area contributed by atoms with Crippen molar-refractivity contribution in [3.05, 3.63) is 29.6 Å². The highest BCUT2D eigenvalue weighted by Gasteiger charge is 2.26. The fraction of sp³-hybridized carbons (Fsp3) is 0.625. The fourth-order valence-electron chi connectivity index (χ4n) is 2.82. The molecule has 1 saturated heterocycles. The van der Waals surface area contributed by atoms with Gasteiger partial charge in [0.05, 0.1) is 7.11 Å². The first-order valence-corrected chi connectivity index (χ1v) is 8.53. The van der Waals surface area contributed by atoms with Gasteiger partial charge in [0, 0.05) is 41.7 Å². The van der Waals surface area contributed by atoms with Gasteiger partial charge in [-0.2, -0.15) is 11.8 Å². The van der Waals surface area contributed by atoms with E-state index >= 15 is 0 Å². The van der Waals surface area contributed by atoms with E-state index in [1.807, 2.05) is 11.8 Å². The molecule has 0 amide bonds. The van der Waals surface area contributed by atoms with Gasteiger partial charge >= 0.3 is 0 Å². The summed E-state index contributed by atoms with van der Waals surface area (Å²) >= 11 is 2.02. The zero-order chi connectivity index (χ0) is 15.4. The van der Waals surface area contributed by atoms with Crippen LogP contribution in [0.4, 0.5) is 4.39 Å². The van der Waals surface area contributed by atoms with Gasteiger partial charge in [0.15, 0.2) is 0 Å². The molecule has 1 aliphatic rings. The van der Waals surface area contributed by atoms with Crippen molar-refractivity contribution in [3.63, 3.8) is 0 Å². The van der Waals surface area contributed by atoms with E-state index in [1.165, 1.54) is 6.07 Å². The van der Waals surface area contributed by atoms with Crippen LogP contribution in [-0.2, 0) is 0 Å². The smallest absolute Gasteiger partial charge is 0.131 e. The summed E-state index contributed by atoms with van der Waals surface area (Å²) in [6, 6.07) is 5.06. The minimum absolute atomic E-state index is 0.280. The second-order valence-corrected chi connectivity index (χ2v) is 7.09. The number of benzene rings is 1. The van der Waals surface area contributed by atoms with E-state index in [1.54, 1.807) is 19.2 Å². The van der Waals surface area contributed by atoms with Crippen LogP contribution in [0.25, 0.3) is 0 Å². The van der Waals surface area contributed by atoms with Gasteiger partial charge in [-0.15, -0.1) is 0 Å². The van der Waals surface area contributed by atoms with Crippen molar-refractivity contribution in [1.82, 2.24) is 4.90 Å². The Morgan fingerprint density at radius 3 is 2.95 bits per heavy atom. The molecule has 0 spiro atoms. The van der Waals surface area contributed by atoms with Crippen LogP contribution in [0.2, 0.25) is 0 Å². The van der Waals surface area contributed by atoms with Crippen LogP contribution in [0, 0.1) is 5.82 Å². The molecule has 3 unspecified atom stereocenters. The molecule has 2 N–H and O–H groups in total. The van der Waals surface area contributed by atoms with Crippen molar-refractivity contribution in [1.29, 1.82) is 0 Å². The lowest BCUT2D eigenvalue weighted by atomic mass is 10.0. The van der Waals surface area contributed by atoms with Crippen molar-refractivity contribution in [2.45, 2.75) is 37.6 Å². The molecular weight excluding hydrogens is 287 g/mol. The Morgan fingerprint density at radius 2 is 2.24 bits per heavy atom. The molecule has 0 bridgehead atoms. The van der Waals surface area contributed by atoms with Crippen LogP contribution in [0.1, 0.15) is 31.9 Å². The zero-order valence-corrected chi connectivity index (χ0v) is 13.8. The van der Waals surface area contributed by atoms with Crippen LogP contribution in [-0.4, -0.2) is 42.1 Å². The van der Waals surface area contributed by atoms with Gasteiger partial charge in [-0.1, -0.05) is 13.0 Å². The molecule has 1 aromatic carbocycles. The van der Waals surface area contributed by atoms with E-state index in [4.69, 9.17) is 10.5 Å². The standard InChI is InChI=1S/C16H25FN2OS/c1-11-12(2)21-10-9-19(11)8-7-14(18)16-13(17)5-4-6-15(16)20-3/h4-6,11-12,14H,7-10,18H2,1-3H3. The summed E-state index contributed by atoms with van der Waals surface area (Å²) in [5, 5.41) is 0.637. The number of nitrogens with two attached hydrogens (primary N) is 1. The third-order valence-corrected chi connectivity index (χ3v) is 5.68. The number of hydrogen-bond donors (Lipinski definition) is 1. The third-order valence-electron chi connectivity index (χ3n) is 4.35. The molecule has 118 valence electrons. The molecule has 2 rings (SSSR count). The minimum Gasteiger partial charge on any atom is -0.496 e. The summed E-state index contributed by atoms with van der Waals surface area (Å²) < 4.78 is 19.3. The first-order valence-electron chi connectivity index (χ1n) is 7.48. The minimum atomic E-state index is -0.335. The molecule has 0 aliphatic carbocycles. The van der Waals surface area contributed by atoms with Gasteiger partial charge in [-0.3, -0.25) is 4.90 Å². The van der Waals surface area contributed by atoms with Gasteiger partial charge in [0.25, 0.3) is 0 Å². The molecule has 0 saturated carbocycles. The average molecular weight is 312 g/mol. The topological polar surface area (TPSA) is 38.5 Å². The third kappa shape index (κ3) is 3.90. The molecule has 1 heterocycles. The Labute approximate surface area is 131 Å². The predicted octanol–water partition coefficient (Wildman–Crippen LogP) is 3.05. The largest absolute Gasteiger partial charge is 0.496 e. The van der Waals surface area contributed by atoms with E-state index in [0.29, 0.717) is 22.6 Å². The summed E-state index contributed by atoms with van der Waals surface area (Å²) in [4.78, 5) is 2.45. The van der Waals surface area contributed by atoms with Crippen molar-refractivity contribution < 1.29 is 9.13 Å². The van der Waals surface area contributed by atoms with E-state index in [2.05, 4.69) is 18.7 Å². The molecule has 3 atom stereocenters. The van der Waals surface area contributed by atoms with Crippen LogP contribution < -0.4 is 10.5 Å². The Hall–Kier alpha value is -0.780. The SMILES string of the molecule is COc1cccc(F)c1C(N)CCN1CCSC(C)C1C. The quantitative estimate of drug-likeness (QED) is 0.907. The molecule has 0 radical (unpaired) electrons. The predicted molar refractivity (Wildman–Crippen MR) is 87.5 cm³/mol. The number of halogens is 1. The molecule has 3 nitrogen and oxygen atoms in total. The summed E-state index contributed by atoms with van der Waals surface area (Å²) in [6.07, 6.45) is 0.735. The van der Waals surface area contributed by atoms with Crippen molar-refractivity contribution in [3.8, 4) is 5.75 Å². The highest BCUT2D eigenvalue weighted by atomic mass is 32.2. The summed E-state index contributed by atoms with van der Waals surface area (Å²) in [6.45, 7) is 6.50. The number of methoxy groups -OCH3 is 1. The van der Waals surface area contributed by atoms with Crippen molar-refractivity contribution >= 4 is 11.8 Å². The Morgan fingerprint density at radius 1 is 1.48 bits per heavy atom. The number of hydrogen-bond acceptors (Lipinski definition) is 4. The lowest BCUT2D eigenvalue weighted by molar-refractivity contribution is 0.205. The van der Waals surface area contributed by atoms with E-state index in [9.17, 15) is 4.39 Å². The van der Waals surface area contributed by atoms with E-state index < -0.39 is 0 Å². The molecular formula is C16H25FN2OS. The molecule has 1 aromatic rings. The fourth-order valence-corrected chi connectivity index (χ4v) is 3.98. The van der Waals surface area contributed by atoms with E-state index in [-0.39, 0.29) is 11.9 Å². The Bertz CT molecular complexity index is 472. The second kappa shape index (κ2) is 7.47. The maximum atomic E-state index is 14.0. The number of nitrogens with zero attached hydrogens (tertiary/aromatic N) is 1. The normalized spacial score (nSPS) is 24.8. The number of ether oxygens (including phenoxy) is 1. The van der Waals surface area contributed by atoms with Crippen LogP contribution >= 0.6 is 11.8 Å². The van der Waals surface area contributed by atoms with Gasteiger partial charge in [0.2, 0.25) is 0 Å². The molecule has 1 aliphatic heterocycles. The lowest BCUT2D eigenvalue weighted by Crippen LogP contribution is -2.45. The first kappa shape index (κ1) is 16.6. The van der Waals surface area contributed by atoms with Crippen LogP contribution in [0.5, 0.6) is 5.75 Å². The molecule has 5 heteroatoms. The monoisotopic (exact) mass is 312 g/mol. The molecule has 0 aromatic heterocycles. The van der Waals surface area contributed by atoms with E-state index in [0.717, 1.165) is 25.3 Å². The first-order chi connectivity index (χ1) is 10.0. The molecule has 1 fully saturated rings. The van der Waals surface area contributed by atoms with Crippen molar-refractivity contribution in [2.24, 2.45) is 5.73 Å². The van der Waals surface area contributed by atoms with Crippen molar-refractivity contribution in [2.75, 3.05) is 26.0 Å². The van der Waals surface area contributed by atoms with Gasteiger partial charge in [-0.05, 0) is 25.5 Å². The summed E-state index contributed by atoms with van der Waals surface area (Å²) in [5.74, 6) is 1.42. The highest BCUT2D eigenvalue weighted by Crippen LogP contribution is 2.30. The molecule has 21 heavy (non-hydrogen) atoms. The maximum absolute atomic E-state index is 14.0. The maximum Gasteiger partial charge on any atom is 0.131 e. The number of rotatable bonds is 5. The summed E-state index contributed by atoms with van der Waals surface area (Å²) in [7, 11) is 1.55.